The van der Waals surface area contributed by atoms with Gasteiger partial charge in [0.25, 0.3) is 0 Å². The van der Waals surface area contributed by atoms with Gasteiger partial charge in [-0.2, -0.15) is 0 Å². The van der Waals surface area contributed by atoms with Crippen LogP contribution in [0.3, 0.4) is 0 Å². The highest BCUT2D eigenvalue weighted by Gasteiger charge is 2.28. The molecule has 0 aromatic heterocycles. The summed E-state index contributed by atoms with van der Waals surface area (Å²) in [6.07, 6.45) is 7.05. The molecule has 0 bridgehead atoms. The molecule has 0 unspecified atom stereocenters. The van der Waals surface area contributed by atoms with E-state index in [0.717, 1.165) is 36.8 Å². The van der Waals surface area contributed by atoms with Crippen LogP contribution in [0.2, 0.25) is 0 Å². The minimum absolute atomic E-state index is 0.134. The van der Waals surface area contributed by atoms with Crippen LogP contribution >= 0.6 is 0 Å². The maximum atomic E-state index is 13.4. The Morgan fingerprint density at radius 2 is 1.72 bits per heavy atom. The third-order valence-corrected chi connectivity index (χ3v) is 7.94. The van der Waals surface area contributed by atoms with Gasteiger partial charge in [-0.15, -0.1) is 0 Å². The Labute approximate surface area is 215 Å². The molecule has 36 heavy (non-hydrogen) atoms. The first-order chi connectivity index (χ1) is 17.1. The molecule has 0 radical (unpaired) electrons. The lowest BCUT2D eigenvalue weighted by Crippen LogP contribution is -2.50. The minimum Gasteiger partial charge on any atom is -0.352 e. The smallest absolute Gasteiger partial charge is 0.242 e. The molecule has 2 aromatic rings. The van der Waals surface area contributed by atoms with Gasteiger partial charge in [0.15, 0.2) is 0 Å². The van der Waals surface area contributed by atoms with Crippen molar-refractivity contribution < 1.29 is 18.0 Å². The summed E-state index contributed by atoms with van der Waals surface area (Å²) in [5.74, 6) is -0.297. The molecule has 1 saturated carbocycles. The summed E-state index contributed by atoms with van der Waals surface area (Å²) < 4.78 is 26.1. The number of carbonyl (C=O) groups is 2. The molecular weight excluding hydrogens is 474 g/mol. The summed E-state index contributed by atoms with van der Waals surface area (Å²) in [5, 5.41) is 3.15. The first-order valence-corrected chi connectivity index (χ1v) is 14.7. The van der Waals surface area contributed by atoms with Crippen molar-refractivity contribution in [3.63, 3.8) is 0 Å². The Balaban J connectivity index is 1.70. The lowest BCUT2D eigenvalue weighted by atomic mass is 9.95. The average Bonchev–Trinajstić information content (AvgIpc) is 2.85. The molecule has 0 aliphatic heterocycles. The first-order valence-electron chi connectivity index (χ1n) is 12.8. The van der Waals surface area contributed by atoms with Crippen LogP contribution in [-0.2, 0) is 26.2 Å². The Hall–Kier alpha value is -2.87. The fourth-order valence-electron chi connectivity index (χ4n) is 4.76. The van der Waals surface area contributed by atoms with Gasteiger partial charge in [-0.1, -0.05) is 67.3 Å². The van der Waals surface area contributed by atoms with Gasteiger partial charge in [0.05, 0.1) is 11.9 Å². The molecule has 1 aliphatic rings. The van der Waals surface area contributed by atoms with Crippen LogP contribution in [0.5, 0.6) is 0 Å². The maximum Gasteiger partial charge on any atom is 0.242 e. The number of rotatable bonds is 11. The van der Waals surface area contributed by atoms with Crippen molar-refractivity contribution in [2.75, 3.05) is 17.1 Å². The van der Waals surface area contributed by atoms with Gasteiger partial charge in [-0.25, -0.2) is 8.42 Å². The van der Waals surface area contributed by atoms with Gasteiger partial charge in [0.1, 0.15) is 6.04 Å². The summed E-state index contributed by atoms with van der Waals surface area (Å²) in [5.41, 5.74) is 2.62. The Morgan fingerprint density at radius 1 is 1.03 bits per heavy atom. The van der Waals surface area contributed by atoms with Gasteiger partial charge in [-0.05, 0) is 50.8 Å². The van der Waals surface area contributed by atoms with Crippen LogP contribution in [0.25, 0.3) is 0 Å². The SMILES string of the molecule is Cc1cccc(CN(C(=O)CCCN(c2ccccc2)S(C)(=O)=O)[C@@H](C)C(=O)NC2CCCCC2)c1. The van der Waals surface area contributed by atoms with E-state index in [2.05, 4.69) is 5.32 Å². The first kappa shape index (κ1) is 27.7. The lowest BCUT2D eigenvalue weighted by Gasteiger charge is -2.31. The number of hydrogen-bond acceptors (Lipinski definition) is 4. The molecule has 8 heteroatoms. The predicted molar refractivity (Wildman–Crippen MR) is 144 cm³/mol. The number of nitrogens with zero attached hydrogens (tertiary/aromatic N) is 2. The topological polar surface area (TPSA) is 86.8 Å². The number of benzene rings is 2. The number of aryl methyl sites for hydroxylation is 1. The van der Waals surface area contributed by atoms with Crippen LogP contribution in [0, 0.1) is 6.92 Å². The molecule has 2 amide bonds. The highest BCUT2D eigenvalue weighted by molar-refractivity contribution is 7.92. The van der Waals surface area contributed by atoms with Gasteiger partial charge in [0.2, 0.25) is 21.8 Å². The monoisotopic (exact) mass is 513 g/mol. The molecule has 7 nitrogen and oxygen atoms in total. The predicted octanol–water partition coefficient (Wildman–Crippen LogP) is 4.41. The standard InChI is InChI=1S/C28H39N3O4S/c1-22-12-10-13-24(20-22)21-30(23(2)28(33)29-25-14-6-4-7-15-25)27(32)18-11-19-31(36(3,34)35)26-16-8-5-9-17-26/h5,8-10,12-13,16-17,20,23,25H,4,6-7,11,14-15,18-19,21H2,1-3H3,(H,29,33)/t23-/m0/s1. The quantitative estimate of drug-likeness (QED) is 0.482. The molecule has 0 saturated heterocycles. The second-order valence-corrected chi connectivity index (χ2v) is 11.7. The normalized spacial score (nSPS) is 15.2. The van der Waals surface area contributed by atoms with Gasteiger partial charge in [-0.3, -0.25) is 13.9 Å². The van der Waals surface area contributed by atoms with E-state index in [-0.39, 0.29) is 30.8 Å². The number of hydrogen-bond donors (Lipinski definition) is 1. The van der Waals surface area contributed by atoms with Crippen LogP contribution in [-0.4, -0.2) is 50.0 Å². The third kappa shape index (κ3) is 8.08. The fourth-order valence-corrected chi connectivity index (χ4v) is 5.72. The van der Waals surface area contributed by atoms with Crippen molar-refractivity contribution in [1.82, 2.24) is 10.2 Å². The number of amides is 2. The third-order valence-electron chi connectivity index (χ3n) is 6.75. The zero-order valence-corrected chi connectivity index (χ0v) is 22.5. The molecular formula is C28H39N3O4S. The van der Waals surface area contributed by atoms with Crippen LogP contribution in [0.4, 0.5) is 5.69 Å². The van der Waals surface area contributed by atoms with E-state index in [9.17, 15) is 18.0 Å². The van der Waals surface area contributed by atoms with Crippen LogP contribution < -0.4 is 9.62 Å². The maximum absolute atomic E-state index is 13.4. The number of nitrogens with one attached hydrogen (secondary N) is 1. The molecule has 1 aliphatic carbocycles. The lowest BCUT2D eigenvalue weighted by molar-refractivity contribution is -0.141. The summed E-state index contributed by atoms with van der Waals surface area (Å²) in [7, 11) is -3.49. The number of anilines is 1. The molecule has 3 rings (SSSR count). The van der Waals surface area contributed by atoms with E-state index in [0.29, 0.717) is 18.7 Å². The Kier molecular flexibility index (Phi) is 9.93. The summed E-state index contributed by atoms with van der Waals surface area (Å²) in [6, 6.07) is 16.4. The largest absolute Gasteiger partial charge is 0.352 e. The van der Waals surface area contributed by atoms with Crippen LogP contribution in [0.1, 0.15) is 63.0 Å². The summed E-state index contributed by atoms with van der Waals surface area (Å²) >= 11 is 0. The van der Waals surface area contributed by atoms with Crippen molar-refractivity contribution in [2.24, 2.45) is 0 Å². The molecule has 1 fully saturated rings. The van der Waals surface area contributed by atoms with Crippen molar-refractivity contribution >= 4 is 27.5 Å². The second-order valence-electron chi connectivity index (χ2n) is 9.80. The van der Waals surface area contributed by atoms with Gasteiger partial charge in [0, 0.05) is 25.6 Å². The summed E-state index contributed by atoms with van der Waals surface area (Å²) in [6.45, 7) is 4.29. The van der Waals surface area contributed by atoms with Crippen molar-refractivity contribution in [3.05, 3.63) is 65.7 Å². The average molecular weight is 514 g/mol. The van der Waals surface area contributed by atoms with Gasteiger partial charge >= 0.3 is 0 Å². The van der Waals surface area contributed by atoms with E-state index < -0.39 is 16.1 Å². The van der Waals surface area contributed by atoms with Crippen molar-refractivity contribution in [2.45, 2.75) is 77.4 Å². The van der Waals surface area contributed by atoms with E-state index in [1.165, 1.54) is 17.0 Å². The molecule has 196 valence electrons. The van der Waals surface area contributed by atoms with E-state index >= 15 is 0 Å². The Morgan fingerprint density at radius 3 is 2.36 bits per heavy atom. The van der Waals surface area contributed by atoms with Gasteiger partial charge < -0.3 is 10.2 Å². The highest BCUT2D eigenvalue weighted by atomic mass is 32.2. The van der Waals surface area contributed by atoms with Crippen molar-refractivity contribution in [3.8, 4) is 0 Å². The zero-order chi connectivity index (χ0) is 26.1. The van der Waals surface area contributed by atoms with Crippen molar-refractivity contribution in [1.29, 1.82) is 0 Å². The van der Waals surface area contributed by atoms with E-state index in [1.807, 2.05) is 37.3 Å². The minimum atomic E-state index is -3.49. The van der Waals surface area contributed by atoms with E-state index in [4.69, 9.17) is 0 Å². The fraction of sp³-hybridized carbons (Fsp3) is 0.500. The van der Waals surface area contributed by atoms with E-state index in [1.54, 1.807) is 36.1 Å². The molecule has 1 N–H and O–H groups in total. The van der Waals surface area contributed by atoms with Crippen LogP contribution in [0.15, 0.2) is 54.6 Å². The molecule has 0 heterocycles. The molecule has 0 spiro atoms. The molecule has 1 atom stereocenters. The second kappa shape index (κ2) is 12.9. The molecule has 2 aromatic carbocycles. The summed E-state index contributed by atoms with van der Waals surface area (Å²) in [4.78, 5) is 28.2. The number of sulfonamides is 1. The highest BCUT2D eigenvalue weighted by Crippen LogP contribution is 2.20. The Bertz CT molecular complexity index is 1110. The number of para-hydroxylation sites is 1. The zero-order valence-electron chi connectivity index (χ0n) is 21.7. The number of carbonyl (C=O) groups excluding carboxylic acids is 2.